The molecule has 18 heavy (non-hydrogen) atoms. The lowest BCUT2D eigenvalue weighted by Gasteiger charge is -2.35. The van der Waals surface area contributed by atoms with E-state index in [1.54, 1.807) is 20.8 Å². The summed E-state index contributed by atoms with van der Waals surface area (Å²) in [6.07, 6.45) is -0.890. The van der Waals surface area contributed by atoms with Gasteiger partial charge in [-0.15, -0.1) is 0 Å². The van der Waals surface area contributed by atoms with E-state index in [0.29, 0.717) is 13.0 Å². The number of ether oxygens (including phenoxy) is 2. The van der Waals surface area contributed by atoms with Crippen LogP contribution in [0.1, 0.15) is 27.2 Å². The third-order valence-corrected chi connectivity index (χ3v) is 2.73. The van der Waals surface area contributed by atoms with Gasteiger partial charge in [0.25, 0.3) is 0 Å². The number of hydrogen-bond donors (Lipinski definition) is 1. The fourth-order valence-corrected chi connectivity index (χ4v) is 1.81. The van der Waals surface area contributed by atoms with Gasteiger partial charge < -0.3 is 19.5 Å². The van der Waals surface area contributed by atoms with Crippen molar-refractivity contribution < 1.29 is 24.2 Å². The summed E-state index contributed by atoms with van der Waals surface area (Å²) in [5.41, 5.74) is -0.575. The lowest BCUT2D eigenvalue weighted by Crippen LogP contribution is -2.50. The molecule has 0 aromatic heterocycles. The van der Waals surface area contributed by atoms with Crippen LogP contribution in [0.4, 0.5) is 4.79 Å². The summed E-state index contributed by atoms with van der Waals surface area (Å²) in [4.78, 5) is 24.7. The molecule has 0 aromatic rings. The zero-order chi connectivity index (χ0) is 13.9. The molecule has 1 saturated heterocycles. The zero-order valence-electron chi connectivity index (χ0n) is 11.3. The van der Waals surface area contributed by atoms with Gasteiger partial charge in [-0.2, -0.15) is 0 Å². The van der Waals surface area contributed by atoms with Crippen LogP contribution in [0.2, 0.25) is 0 Å². The summed E-state index contributed by atoms with van der Waals surface area (Å²) in [6.45, 7) is 5.84. The molecular weight excluding hydrogens is 238 g/mol. The van der Waals surface area contributed by atoms with Gasteiger partial charge in [-0.1, -0.05) is 0 Å². The number of hydrogen-bond acceptors (Lipinski definition) is 5. The van der Waals surface area contributed by atoms with Crippen LogP contribution in [0, 0.1) is 5.92 Å². The van der Waals surface area contributed by atoms with Crippen LogP contribution in [0.5, 0.6) is 0 Å². The molecule has 1 heterocycles. The number of piperidine rings is 1. The molecule has 1 N–H and O–H groups in total. The van der Waals surface area contributed by atoms with Crippen molar-refractivity contribution >= 4 is 12.1 Å². The Morgan fingerprint density at radius 2 is 1.94 bits per heavy atom. The van der Waals surface area contributed by atoms with Crippen molar-refractivity contribution in [1.29, 1.82) is 0 Å². The normalized spacial score (nSPS) is 24.6. The van der Waals surface area contributed by atoms with E-state index < -0.39 is 29.7 Å². The Labute approximate surface area is 107 Å². The van der Waals surface area contributed by atoms with Gasteiger partial charge in [-0.05, 0) is 27.2 Å². The summed E-state index contributed by atoms with van der Waals surface area (Å²) in [5.74, 6) is -1.20. The summed E-state index contributed by atoms with van der Waals surface area (Å²) in [5, 5.41) is 9.72. The average molecular weight is 259 g/mol. The van der Waals surface area contributed by atoms with Crippen molar-refractivity contribution in [2.45, 2.75) is 38.9 Å². The molecule has 0 unspecified atom stereocenters. The Balaban J connectivity index is 2.64. The van der Waals surface area contributed by atoms with Gasteiger partial charge in [0.05, 0.1) is 13.2 Å². The second-order valence-electron chi connectivity index (χ2n) is 5.41. The number of methoxy groups -OCH3 is 1. The highest BCUT2D eigenvalue weighted by molar-refractivity contribution is 5.75. The van der Waals surface area contributed by atoms with Crippen molar-refractivity contribution in [2.75, 3.05) is 20.2 Å². The molecule has 1 rings (SSSR count). The van der Waals surface area contributed by atoms with Gasteiger partial charge >= 0.3 is 12.1 Å². The van der Waals surface area contributed by atoms with Gasteiger partial charge in [0.2, 0.25) is 0 Å². The van der Waals surface area contributed by atoms with Gasteiger partial charge in [0.1, 0.15) is 11.5 Å². The van der Waals surface area contributed by atoms with Crippen molar-refractivity contribution in [3.8, 4) is 0 Å². The number of likely N-dealkylation sites (tertiary alicyclic amines) is 1. The molecule has 6 heteroatoms. The highest BCUT2D eigenvalue weighted by atomic mass is 16.6. The van der Waals surface area contributed by atoms with E-state index in [9.17, 15) is 14.7 Å². The first-order valence-corrected chi connectivity index (χ1v) is 5.98. The third-order valence-electron chi connectivity index (χ3n) is 2.73. The predicted octanol–water partition coefficient (Wildman–Crippen LogP) is 0.777. The van der Waals surface area contributed by atoms with E-state index in [0.717, 1.165) is 0 Å². The molecule has 1 amide bonds. The Kier molecular flexibility index (Phi) is 4.56. The Morgan fingerprint density at radius 3 is 2.44 bits per heavy atom. The van der Waals surface area contributed by atoms with Crippen molar-refractivity contribution in [3.63, 3.8) is 0 Å². The Morgan fingerprint density at radius 1 is 1.33 bits per heavy atom. The fraction of sp³-hybridized carbons (Fsp3) is 0.833. The molecule has 104 valence electrons. The van der Waals surface area contributed by atoms with Crippen molar-refractivity contribution in [1.82, 2.24) is 4.90 Å². The van der Waals surface area contributed by atoms with E-state index in [1.165, 1.54) is 12.0 Å². The van der Waals surface area contributed by atoms with E-state index in [2.05, 4.69) is 4.74 Å². The molecule has 1 aliphatic rings. The minimum atomic E-state index is -0.767. The van der Waals surface area contributed by atoms with Crippen LogP contribution in [-0.2, 0) is 14.3 Å². The summed E-state index contributed by atoms with van der Waals surface area (Å²) >= 11 is 0. The molecule has 1 fully saturated rings. The maximum absolute atomic E-state index is 11.8. The molecule has 6 nitrogen and oxygen atoms in total. The monoisotopic (exact) mass is 259 g/mol. The van der Waals surface area contributed by atoms with Gasteiger partial charge in [0.15, 0.2) is 0 Å². The predicted molar refractivity (Wildman–Crippen MR) is 63.9 cm³/mol. The van der Waals surface area contributed by atoms with Crippen molar-refractivity contribution in [2.24, 2.45) is 5.92 Å². The lowest BCUT2D eigenvalue weighted by atomic mass is 9.95. The molecular formula is C12H21NO5. The van der Waals surface area contributed by atoms with Crippen LogP contribution < -0.4 is 0 Å². The molecule has 0 saturated carbocycles. The van der Waals surface area contributed by atoms with Crippen LogP contribution in [-0.4, -0.2) is 54.0 Å². The number of carbonyl (C=O) groups excluding carboxylic acids is 2. The number of esters is 1. The molecule has 0 radical (unpaired) electrons. The Bertz CT molecular complexity index is 323. The van der Waals surface area contributed by atoms with E-state index in [-0.39, 0.29) is 6.54 Å². The summed E-state index contributed by atoms with van der Waals surface area (Å²) in [6, 6.07) is 0. The minimum absolute atomic E-state index is 0.128. The maximum atomic E-state index is 11.8. The number of nitrogens with zero attached hydrogens (tertiary/aromatic N) is 1. The summed E-state index contributed by atoms with van der Waals surface area (Å²) in [7, 11) is 1.27. The number of aliphatic hydroxyl groups excluding tert-OH is 1. The second kappa shape index (κ2) is 5.56. The van der Waals surface area contributed by atoms with Gasteiger partial charge in [-0.25, -0.2) is 4.79 Å². The number of aliphatic hydroxyl groups is 1. The van der Waals surface area contributed by atoms with Crippen molar-refractivity contribution in [3.05, 3.63) is 0 Å². The average Bonchev–Trinajstić information content (AvgIpc) is 2.26. The first-order valence-electron chi connectivity index (χ1n) is 5.98. The first-order chi connectivity index (χ1) is 8.24. The smallest absolute Gasteiger partial charge is 0.410 e. The van der Waals surface area contributed by atoms with Gasteiger partial charge in [0, 0.05) is 13.1 Å². The molecule has 1 aliphatic heterocycles. The van der Waals surface area contributed by atoms with E-state index in [4.69, 9.17) is 4.74 Å². The second-order valence-corrected chi connectivity index (χ2v) is 5.41. The SMILES string of the molecule is COC(=O)[C@@H]1CN(C(=O)OC(C)(C)C)CC[C@H]1O. The third kappa shape index (κ3) is 3.87. The molecule has 0 bridgehead atoms. The molecule has 0 spiro atoms. The van der Waals surface area contributed by atoms with Crippen LogP contribution >= 0.6 is 0 Å². The largest absolute Gasteiger partial charge is 0.469 e. The standard InChI is InChI=1S/C12H21NO5/c1-12(2,3)18-11(16)13-6-5-9(14)8(7-13)10(15)17-4/h8-9,14H,5-7H2,1-4H3/t8-,9-/m1/s1. The van der Waals surface area contributed by atoms with E-state index >= 15 is 0 Å². The first kappa shape index (κ1) is 14.8. The van der Waals surface area contributed by atoms with Crippen LogP contribution in [0.25, 0.3) is 0 Å². The van der Waals surface area contributed by atoms with Gasteiger partial charge in [-0.3, -0.25) is 4.79 Å². The maximum Gasteiger partial charge on any atom is 0.410 e. The highest BCUT2D eigenvalue weighted by Crippen LogP contribution is 2.20. The lowest BCUT2D eigenvalue weighted by molar-refractivity contribution is -0.152. The van der Waals surface area contributed by atoms with Crippen LogP contribution in [0.15, 0.2) is 0 Å². The van der Waals surface area contributed by atoms with E-state index in [1.807, 2.05) is 0 Å². The van der Waals surface area contributed by atoms with Crippen LogP contribution in [0.3, 0.4) is 0 Å². The number of amides is 1. The number of rotatable bonds is 1. The summed E-state index contributed by atoms with van der Waals surface area (Å²) < 4.78 is 9.84. The Hall–Kier alpha value is -1.30. The highest BCUT2D eigenvalue weighted by Gasteiger charge is 2.37. The quantitative estimate of drug-likeness (QED) is 0.704. The topological polar surface area (TPSA) is 76.1 Å². The fourth-order valence-electron chi connectivity index (χ4n) is 1.81. The number of carbonyl (C=O) groups is 2. The molecule has 2 atom stereocenters. The molecule has 0 aliphatic carbocycles. The zero-order valence-corrected chi connectivity index (χ0v) is 11.3. The minimum Gasteiger partial charge on any atom is -0.469 e. The molecule has 0 aromatic carbocycles.